The third kappa shape index (κ3) is 5.83. The van der Waals surface area contributed by atoms with Gasteiger partial charge in [0.2, 0.25) is 0 Å². The molecule has 0 spiro atoms. The van der Waals surface area contributed by atoms with E-state index < -0.39 is 5.91 Å². The lowest BCUT2D eigenvalue weighted by molar-refractivity contribution is -0.124. The number of hydrogen-bond acceptors (Lipinski definition) is 5. The Labute approximate surface area is 172 Å². The molecule has 0 radical (unpaired) electrons. The van der Waals surface area contributed by atoms with Gasteiger partial charge in [-0.1, -0.05) is 27.7 Å². The lowest BCUT2D eigenvalue weighted by atomic mass is 9.90. The summed E-state index contributed by atoms with van der Waals surface area (Å²) in [5.41, 5.74) is 5.59. The number of rotatable bonds is 9. The number of nitrogens with zero attached hydrogens (tertiary/aromatic N) is 3. The van der Waals surface area contributed by atoms with Crippen molar-refractivity contribution in [1.29, 1.82) is 0 Å². The zero-order valence-corrected chi connectivity index (χ0v) is 18.3. The maximum atomic E-state index is 11.2. The van der Waals surface area contributed by atoms with Gasteiger partial charge in [0, 0.05) is 24.2 Å². The number of pyridine rings is 1. The fourth-order valence-electron chi connectivity index (χ4n) is 3.17. The average molecular weight is 405 g/mol. The van der Waals surface area contributed by atoms with Crippen molar-refractivity contribution in [2.24, 2.45) is 0 Å². The van der Waals surface area contributed by atoms with Crippen LogP contribution in [0.15, 0.2) is 24.4 Å². The molecule has 0 bridgehead atoms. The summed E-state index contributed by atoms with van der Waals surface area (Å²) in [5, 5.41) is 8.63. The molecule has 0 aromatic carbocycles. The van der Waals surface area contributed by atoms with E-state index in [1.807, 2.05) is 30.1 Å². The SMILES string of the molecule is CCN(CCCSC)Cc1c(C(C)(C)C)nc2cc(/C=C/C(=O)NO)ccn12. The number of nitrogens with one attached hydrogen (secondary N) is 1. The van der Waals surface area contributed by atoms with Crippen LogP contribution < -0.4 is 5.48 Å². The molecule has 0 aliphatic heterocycles. The van der Waals surface area contributed by atoms with Gasteiger partial charge in [0.15, 0.2) is 0 Å². The lowest BCUT2D eigenvalue weighted by Crippen LogP contribution is -2.27. The molecule has 0 fully saturated rings. The Morgan fingerprint density at radius 1 is 1.43 bits per heavy atom. The van der Waals surface area contributed by atoms with Gasteiger partial charge < -0.3 is 4.40 Å². The van der Waals surface area contributed by atoms with E-state index in [9.17, 15) is 4.79 Å². The van der Waals surface area contributed by atoms with Crippen LogP contribution >= 0.6 is 11.8 Å². The smallest absolute Gasteiger partial charge is 0.267 e. The highest BCUT2D eigenvalue weighted by atomic mass is 32.2. The van der Waals surface area contributed by atoms with Crippen molar-refractivity contribution in [3.05, 3.63) is 41.4 Å². The van der Waals surface area contributed by atoms with Crippen molar-refractivity contribution >= 4 is 29.4 Å². The molecule has 7 heteroatoms. The maximum absolute atomic E-state index is 11.2. The number of carbonyl (C=O) groups is 1. The predicted octanol–water partition coefficient (Wildman–Crippen LogP) is 3.73. The summed E-state index contributed by atoms with van der Waals surface area (Å²) >= 11 is 1.89. The Morgan fingerprint density at radius 3 is 2.79 bits per heavy atom. The molecule has 28 heavy (non-hydrogen) atoms. The van der Waals surface area contributed by atoms with Crippen molar-refractivity contribution < 1.29 is 10.0 Å². The highest BCUT2D eigenvalue weighted by Crippen LogP contribution is 2.28. The third-order valence-corrected chi connectivity index (χ3v) is 5.34. The average Bonchev–Trinajstić information content (AvgIpc) is 3.03. The Kier molecular flexibility index (Phi) is 8.10. The summed E-state index contributed by atoms with van der Waals surface area (Å²) in [6.45, 7) is 11.7. The van der Waals surface area contributed by atoms with E-state index in [4.69, 9.17) is 10.2 Å². The number of aromatic nitrogens is 2. The monoisotopic (exact) mass is 404 g/mol. The van der Waals surface area contributed by atoms with Crippen molar-refractivity contribution in [2.45, 2.75) is 46.1 Å². The van der Waals surface area contributed by atoms with Crippen LogP contribution in [0.4, 0.5) is 0 Å². The van der Waals surface area contributed by atoms with Crippen LogP contribution in [-0.4, -0.2) is 50.5 Å². The van der Waals surface area contributed by atoms with E-state index in [1.54, 1.807) is 11.6 Å². The quantitative estimate of drug-likeness (QED) is 0.288. The molecular formula is C21H32N4O2S. The molecule has 0 atom stereocenters. The first-order valence-electron chi connectivity index (χ1n) is 9.65. The number of hydrogen-bond donors (Lipinski definition) is 2. The minimum Gasteiger partial charge on any atom is -0.302 e. The Hall–Kier alpha value is -1.83. The van der Waals surface area contributed by atoms with E-state index >= 15 is 0 Å². The largest absolute Gasteiger partial charge is 0.302 e. The Bertz CT molecular complexity index is 824. The molecule has 2 N–H and O–H groups in total. The Morgan fingerprint density at radius 2 is 2.18 bits per heavy atom. The molecule has 6 nitrogen and oxygen atoms in total. The molecule has 2 heterocycles. The summed E-state index contributed by atoms with van der Waals surface area (Å²) in [5.74, 6) is 0.621. The van der Waals surface area contributed by atoms with Gasteiger partial charge in [0.25, 0.3) is 5.91 Å². The molecule has 2 aromatic heterocycles. The van der Waals surface area contributed by atoms with Crippen LogP contribution in [-0.2, 0) is 16.8 Å². The van der Waals surface area contributed by atoms with Gasteiger partial charge in [-0.15, -0.1) is 0 Å². The molecule has 0 aliphatic rings. The number of amides is 1. The standard InChI is InChI=1S/C21H32N4O2S/c1-6-24(11-7-13-28-5)15-17-20(21(2,3)4)22-18-14-16(10-12-25(17)18)8-9-19(26)23-27/h8-10,12,14,27H,6-7,11,13,15H2,1-5H3,(H,23,26)/b9-8+. The lowest BCUT2D eigenvalue weighted by Gasteiger charge is -2.24. The number of hydroxylamine groups is 1. The molecule has 0 saturated carbocycles. The van der Waals surface area contributed by atoms with Crippen molar-refractivity contribution in [3.8, 4) is 0 Å². The molecule has 0 saturated heterocycles. The summed E-state index contributed by atoms with van der Waals surface area (Å²) in [6.07, 6.45) is 8.30. The first-order chi connectivity index (χ1) is 13.3. The fraction of sp³-hybridized carbons (Fsp3) is 0.524. The second-order valence-corrected chi connectivity index (χ2v) is 8.86. The van der Waals surface area contributed by atoms with Crippen LogP contribution in [0.2, 0.25) is 0 Å². The topological polar surface area (TPSA) is 69.9 Å². The van der Waals surface area contributed by atoms with E-state index in [0.29, 0.717) is 0 Å². The van der Waals surface area contributed by atoms with Crippen LogP contribution in [0.3, 0.4) is 0 Å². The van der Waals surface area contributed by atoms with Crippen LogP contribution in [0, 0.1) is 0 Å². The van der Waals surface area contributed by atoms with Gasteiger partial charge in [0.05, 0.1) is 11.4 Å². The second-order valence-electron chi connectivity index (χ2n) is 7.87. The third-order valence-electron chi connectivity index (χ3n) is 4.64. The van der Waals surface area contributed by atoms with E-state index in [1.165, 1.54) is 23.9 Å². The predicted molar refractivity (Wildman–Crippen MR) is 117 cm³/mol. The van der Waals surface area contributed by atoms with Gasteiger partial charge in [-0.3, -0.25) is 14.9 Å². The van der Waals surface area contributed by atoms with Gasteiger partial charge in [0.1, 0.15) is 5.65 Å². The number of carbonyl (C=O) groups excluding carboxylic acids is 1. The molecule has 2 aromatic rings. The van der Waals surface area contributed by atoms with Gasteiger partial charge in [-0.05, 0) is 55.3 Å². The van der Waals surface area contributed by atoms with E-state index in [2.05, 4.69) is 43.3 Å². The highest BCUT2D eigenvalue weighted by Gasteiger charge is 2.24. The molecule has 0 aliphatic carbocycles. The van der Waals surface area contributed by atoms with E-state index in [-0.39, 0.29) is 5.41 Å². The summed E-state index contributed by atoms with van der Waals surface area (Å²) in [7, 11) is 0. The summed E-state index contributed by atoms with van der Waals surface area (Å²) in [4.78, 5) is 18.6. The van der Waals surface area contributed by atoms with Crippen LogP contribution in [0.5, 0.6) is 0 Å². The number of imidazole rings is 1. The summed E-state index contributed by atoms with van der Waals surface area (Å²) < 4.78 is 2.15. The highest BCUT2D eigenvalue weighted by molar-refractivity contribution is 7.98. The minimum absolute atomic E-state index is 0.0627. The van der Waals surface area contributed by atoms with E-state index in [0.717, 1.165) is 36.5 Å². The van der Waals surface area contributed by atoms with Crippen LogP contribution in [0.25, 0.3) is 11.7 Å². The minimum atomic E-state index is -0.553. The zero-order valence-electron chi connectivity index (χ0n) is 17.5. The maximum Gasteiger partial charge on any atom is 0.267 e. The summed E-state index contributed by atoms with van der Waals surface area (Å²) in [6, 6.07) is 3.92. The normalized spacial score (nSPS) is 12.4. The first kappa shape index (κ1) is 22.5. The first-order valence-corrected chi connectivity index (χ1v) is 11.0. The van der Waals surface area contributed by atoms with Crippen LogP contribution in [0.1, 0.15) is 51.1 Å². The molecule has 2 rings (SSSR count). The number of fused-ring (bicyclic) bond motifs is 1. The fourth-order valence-corrected chi connectivity index (χ4v) is 3.59. The van der Waals surface area contributed by atoms with Gasteiger partial charge in [-0.2, -0.15) is 11.8 Å². The van der Waals surface area contributed by atoms with Gasteiger partial charge >= 0.3 is 0 Å². The molecular weight excluding hydrogens is 372 g/mol. The van der Waals surface area contributed by atoms with Crippen molar-refractivity contribution in [2.75, 3.05) is 25.1 Å². The second kappa shape index (κ2) is 10.1. The van der Waals surface area contributed by atoms with Gasteiger partial charge in [-0.25, -0.2) is 10.5 Å². The molecule has 154 valence electrons. The number of thioether (sulfide) groups is 1. The molecule has 1 amide bonds. The molecule has 0 unspecified atom stereocenters. The zero-order chi connectivity index (χ0) is 20.7. The van der Waals surface area contributed by atoms with Crippen molar-refractivity contribution in [1.82, 2.24) is 19.8 Å². The van der Waals surface area contributed by atoms with Crippen molar-refractivity contribution in [3.63, 3.8) is 0 Å². The Balaban J connectivity index is 2.39.